The molecule has 1 aromatic carbocycles. The van der Waals surface area contributed by atoms with Gasteiger partial charge >= 0.3 is 0 Å². The average molecular weight is 220 g/mol. The summed E-state index contributed by atoms with van der Waals surface area (Å²) in [4.78, 5) is 6.61. The molecule has 1 heterocycles. The molecule has 0 unspecified atom stereocenters. The Morgan fingerprint density at radius 2 is 2.33 bits per heavy atom. The molecule has 0 radical (unpaired) electrons. The molecular weight excluding hydrogens is 214 g/mol. The average Bonchev–Trinajstić information content (AvgIpc) is 2.71. The van der Waals surface area contributed by atoms with E-state index >= 15 is 0 Å². The van der Waals surface area contributed by atoms with Gasteiger partial charge in [-0.05, 0) is 17.7 Å². The third kappa shape index (κ3) is 1.93. The van der Waals surface area contributed by atoms with E-state index in [0.29, 0.717) is 10.7 Å². The van der Waals surface area contributed by atoms with Gasteiger partial charge < -0.3 is 4.57 Å². The van der Waals surface area contributed by atoms with E-state index < -0.39 is 0 Å². The van der Waals surface area contributed by atoms with Crippen LogP contribution in [-0.2, 0) is 0 Å². The maximum atomic E-state index is 8.26. The molecule has 15 heavy (non-hydrogen) atoms. The Kier molecular flexibility index (Phi) is 2.58. The van der Waals surface area contributed by atoms with E-state index in [2.05, 4.69) is 15.0 Å². The van der Waals surface area contributed by atoms with Gasteiger partial charge in [-0.3, -0.25) is 0 Å². The molecule has 0 N–H and O–H groups in total. The highest BCUT2D eigenvalue weighted by Gasteiger charge is 2.02. The first kappa shape index (κ1) is 9.58. The van der Waals surface area contributed by atoms with Crippen LogP contribution in [0.2, 0.25) is 5.02 Å². The molecule has 0 saturated heterocycles. The second-order valence-electron chi connectivity index (χ2n) is 2.80. The van der Waals surface area contributed by atoms with Crippen LogP contribution < -0.4 is 0 Å². The lowest BCUT2D eigenvalue weighted by atomic mass is 10.3. The van der Waals surface area contributed by atoms with Gasteiger partial charge in [0.05, 0.1) is 17.0 Å². The molecule has 0 aliphatic rings. The Labute approximate surface area is 90.6 Å². The molecule has 1 aromatic heterocycles. The number of hydrogen-bond acceptors (Lipinski definition) is 2. The summed E-state index contributed by atoms with van der Waals surface area (Å²) in [5, 5.41) is 3.97. The van der Waals surface area contributed by atoms with Crippen LogP contribution >= 0.6 is 11.6 Å². The normalized spacial score (nSPS) is 9.67. The lowest BCUT2D eigenvalue weighted by molar-refractivity contribution is 1.06. The van der Waals surface area contributed by atoms with E-state index in [1.807, 2.05) is 0 Å². The standard InChI is InChI=1S/C9H6ClN5/c10-8-5-7(13-14-11)1-2-9(8)15-4-3-12-6-15/h1-6H. The van der Waals surface area contributed by atoms with Crippen LogP contribution in [0.1, 0.15) is 0 Å². The monoisotopic (exact) mass is 219 g/mol. The smallest absolute Gasteiger partial charge is 0.0992 e. The zero-order valence-corrected chi connectivity index (χ0v) is 8.33. The van der Waals surface area contributed by atoms with Crippen LogP contribution in [0, 0.1) is 0 Å². The minimum atomic E-state index is 0.492. The van der Waals surface area contributed by atoms with Crippen LogP contribution in [0.5, 0.6) is 0 Å². The van der Waals surface area contributed by atoms with Gasteiger partial charge in [-0.15, -0.1) is 0 Å². The topological polar surface area (TPSA) is 66.6 Å². The maximum Gasteiger partial charge on any atom is 0.0992 e. The second kappa shape index (κ2) is 4.04. The lowest BCUT2D eigenvalue weighted by Crippen LogP contribution is -1.90. The Bertz CT molecular complexity index is 513. The van der Waals surface area contributed by atoms with Gasteiger partial charge in [0, 0.05) is 23.0 Å². The highest BCUT2D eigenvalue weighted by Crippen LogP contribution is 2.25. The summed E-state index contributed by atoms with van der Waals surface area (Å²) >= 11 is 6.02. The van der Waals surface area contributed by atoms with Crippen LogP contribution in [-0.4, -0.2) is 9.55 Å². The molecular formula is C9H6ClN5. The van der Waals surface area contributed by atoms with Crippen LogP contribution in [0.3, 0.4) is 0 Å². The van der Waals surface area contributed by atoms with Gasteiger partial charge in [0.25, 0.3) is 0 Å². The van der Waals surface area contributed by atoms with Crippen LogP contribution in [0.15, 0.2) is 42.0 Å². The quantitative estimate of drug-likeness (QED) is 0.433. The predicted molar refractivity (Wildman–Crippen MR) is 57.4 cm³/mol. The molecule has 0 spiro atoms. The van der Waals surface area contributed by atoms with E-state index in [4.69, 9.17) is 17.1 Å². The molecule has 0 aliphatic carbocycles. The second-order valence-corrected chi connectivity index (χ2v) is 3.20. The van der Waals surface area contributed by atoms with E-state index in [1.165, 1.54) is 0 Å². The zero-order chi connectivity index (χ0) is 10.7. The molecule has 74 valence electrons. The molecule has 0 amide bonds. The molecule has 0 fully saturated rings. The number of imidazole rings is 1. The SMILES string of the molecule is [N-]=[N+]=Nc1ccc(-n2ccnc2)c(Cl)c1. The highest BCUT2D eigenvalue weighted by molar-refractivity contribution is 6.32. The minimum absolute atomic E-state index is 0.492. The molecule has 0 aliphatic heterocycles. The summed E-state index contributed by atoms with van der Waals surface area (Å²) in [7, 11) is 0. The summed E-state index contributed by atoms with van der Waals surface area (Å²) < 4.78 is 1.78. The van der Waals surface area contributed by atoms with Gasteiger partial charge in [-0.2, -0.15) is 0 Å². The van der Waals surface area contributed by atoms with E-state index in [0.717, 1.165) is 5.69 Å². The Balaban J connectivity index is 2.48. The molecule has 0 bridgehead atoms. The lowest BCUT2D eigenvalue weighted by Gasteiger charge is -2.04. The van der Waals surface area contributed by atoms with Gasteiger partial charge in [-0.25, -0.2) is 4.98 Å². The minimum Gasteiger partial charge on any atom is -0.305 e. The molecule has 5 nitrogen and oxygen atoms in total. The van der Waals surface area contributed by atoms with Crippen molar-refractivity contribution in [2.24, 2.45) is 5.11 Å². The maximum absolute atomic E-state index is 8.26. The highest BCUT2D eigenvalue weighted by atomic mass is 35.5. The number of rotatable bonds is 2. The number of benzene rings is 1. The number of nitrogens with zero attached hydrogens (tertiary/aromatic N) is 5. The Morgan fingerprint density at radius 3 is 2.93 bits per heavy atom. The molecule has 0 atom stereocenters. The molecule has 0 saturated carbocycles. The number of aromatic nitrogens is 2. The van der Waals surface area contributed by atoms with Crippen molar-refractivity contribution in [3.63, 3.8) is 0 Å². The van der Waals surface area contributed by atoms with E-state index in [-0.39, 0.29) is 0 Å². The van der Waals surface area contributed by atoms with Crippen molar-refractivity contribution in [3.05, 3.63) is 52.4 Å². The number of hydrogen-bond donors (Lipinski definition) is 0. The first-order valence-electron chi connectivity index (χ1n) is 4.14. The van der Waals surface area contributed by atoms with Crippen molar-refractivity contribution < 1.29 is 0 Å². The van der Waals surface area contributed by atoms with Crippen LogP contribution in [0.4, 0.5) is 5.69 Å². The number of azide groups is 1. The Hall–Kier alpha value is -1.97. The molecule has 2 aromatic rings. The van der Waals surface area contributed by atoms with Gasteiger partial charge in [0.2, 0.25) is 0 Å². The molecule has 6 heteroatoms. The van der Waals surface area contributed by atoms with Gasteiger partial charge in [0.1, 0.15) is 0 Å². The van der Waals surface area contributed by atoms with Crippen molar-refractivity contribution in [3.8, 4) is 5.69 Å². The fraction of sp³-hybridized carbons (Fsp3) is 0. The molecule has 2 rings (SSSR count). The van der Waals surface area contributed by atoms with Crippen molar-refractivity contribution >= 4 is 17.3 Å². The third-order valence-electron chi connectivity index (χ3n) is 1.87. The summed E-state index contributed by atoms with van der Waals surface area (Å²) in [5.41, 5.74) is 9.55. The summed E-state index contributed by atoms with van der Waals surface area (Å²) in [6.45, 7) is 0. The summed E-state index contributed by atoms with van der Waals surface area (Å²) in [5.74, 6) is 0. The first-order valence-corrected chi connectivity index (χ1v) is 4.52. The third-order valence-corrected chi connectivity index (χ3v) is 2.18. The van der Waals surface area contributed by atoms with Crippen molar-refractivity contribution in [1.29, 1.82) is 0 Å². The van der Waals surface area contributed by atoms with Crippen molar-refractivity contribution in [2.75, 3.05) is 0 Å². The largest absolute Gasteiger partial charge is 0.305 e. The fourth-order valence-corrected chi connectivity index (χ4v) is 1.49. The van der Waals surface area contributed by atoms with E-state index in [9.17, 15) is 0 Å². The zero-order valence-electron chi connectivity index (χ0n) is 7.58. The summed E-state index contributed by atoms with van der Waals surface area (Å²) in [6.07, 6.45) is 5.10. The van der Waals surface area contributed by atoms with Crippen molar-refractivity contribution in [1.82, 2.24) is 9.55 Å². The van der Waals surface area contributed by atoms with Crippen molar-refractivity contribution in [2.45, 2.75) is 0 Å². The fourth-order valence-electron chi connectivity index (χ4n) is 1.22. The summed E-state index contributed by atoms with van der Waals surface area (Å²) in [6, 6.07) is 5.07. The first-order chi connectivity index (χ1) is 7.31. The van der Waals surface area contributed by atoms with Gasteiger partial charge in [-0.1, -0.05) is 22.8 Å². The van der Waals surface area contributed by atoms with Crippen LogP contribution in [0.25, 0.3) is 16.1 Å². The van der Waals surface area contributed by atoms with Gasteiger partial charge in [0.15, 0.2) is 0 Å². The Morgan fingerprint density at radius 1 is 1.47 bits per heavy atom. The predicted octanol–water partition coefficient (Wildman–Crippen LogP) is 3.47. The number of halogens is 1. The van der Waals surface area contributed by atoms with E-state index in [1.54, 1.807) is 41.5 Å².